The minimum absolute atomic E-state index is 0.00871. The molecule has 0 amide bonds. The van der Waals surface area contributed by atoms with E-state index in [1.165, 1.54) is 13.4 Å². The van der Waals surface area contributed by atoms with Gasteiger partial charge >= 0.3 is 0 Å². The Morgan fingerprint density at radius 2 is 1.66 bits per heavy atom. The Kier molecular flexibility index (Phi) is 9.44. The third kappa shape index (κ3) is 7.49. The van der Waals surface area contributed by atoms with Gasteiger partial charge in [0.2, 0.25) is 5.75 Å². The Morgan fingerprint density at radius 3 is 2.29 bits per heavy atom. The second kappa shape index (κ2) is 12.7. The summed E-state index contributed by atoms with van der Waals surface area (Å²) in [5.74, 6) is 0.782. The van der Waals surface area contributed by atoms with Gasteiger partial charge in [-0.1, -0.05) is 39.0 Å². The van der Waals surface area contributed by atoms with Gasteiger partial charge in [0.05, 0.1) is 12.0 Å². The molecule has 2 aromatic carbocycles. The molecule has 0 aliphatic rings. The van der Waals surface area contributed by atoms with Gasteiger partial charge in [0.1, 0.15) is 40.2 Å². The molecule has 0 saturated heterocycles. The maximum absolute atomic E-state index is 13.3. The van der Waals surface area contributed by atoms with Gasteiger partial charge in [0.25, 0.3) is 21.9 Å². The minimum Gasteiger partial charge on any atom is -0.497 e. The number of nitrogens with zero attached hydrogens (tertiary/aromatic N) is 4. The smallest absolute Gasteiger partial charge is 0.298 e. The molecular formula is C27H29Br2N5O6S. The monoisotopic (exact) mass is 709 g/mol. The number of ether oxygens (including phenoxy) is 4. The molecule has 4 rings (SSSR count). The predicted molar refractivity (Wildman–Crippen MR) is 161 cm³/mol. The van der Waals surface area contributed by atoms with E-state index in [-0.39, 0.29) is 41.0 Å². The first-order valence-corrected chi connectivity index (χ1v) is 15.4. The second-order valence-corrected chi connectivity index (χ2v) is 12.9. The first kappa shape index (κ1) is 30.6. The number of benzene rings is 2. The SMILES string of the molecule is COc1cccc(Oc2c(NS(=O)(=O)c3ccc(C(C)(C)C)cc3)ncnc2OCCOc2nc(Br)c(Br)n2C)c1. The normalized spacial score (nSPS) is 11.7. The van der Waals surface area contributed by atoms with Crippen LogP contribution in [0.2, 0.25) is 0 Å². The molecule has 0 aliphatic carbocycles. The molecule has 0 spiro atoms. The molecule has 0 aliphatic heterocycles. The first-order chi connectivity index (χ1) is 19.4. The highest BCUT2D eigenvalue weighted by Crippen LogP contribution is 2.37. The molecule has 11 nitrogen and oxygen atoms in total. The lowest BCUT2D eigenvalue weighted by molar-refractivity contribution is 0.193. The van der Waals surface area contributed by atoms with E-state index >= 15 is 0 Å². The molecule has 0 unspecified atom stereocenters. The van der Waals surface area contributed by atoms with E-state index in [0.29, 0.717) is 22.1 Å². The summed E-state index contributed by atoms with van der Waals surface area (Å²) in [7, 11) is -0.713. The third-order valence-corrected chi connectivity index (χ3v) is 9.14. The van der Waals surface area contributed by atoms with Crippen molar-refractivity contribution in [3.05, 3.63) is 69.6 Å². The van der Waals surface area contributed by atoms with E-state index in [9.17, 15) is 8.42 Å². The molecule has 0 saturated carbocycles. The number of halogens is 2. The van der Waals surface area contributed by atoms with Crippen LogP contribution in [0, 0.1) is 0 Å². The summed E-state index contributed by atoms with van der Waals surface area (Å²) in [5, 5.41) is 0. The molecule has 41 heavy (non-hydrogen) atoms. The van der Waals surface area contributed by atoms with Crippen molar-refractivity contribution < 1.29 is 27.4 Å². The van der Waals surface area contributed by atoms with Crippen molar-refractivity contribution in [1.82, 2.24) is 19.5 Å². The molecule has 0 atom stereocenters. The number of aromatic nitrogens is 4. The molecule has 4 aromatic rings. The predicted octanol–water partition coefficient (Wildman–Crippen LogP) is 6.09. The van der Waals surface area contributed by atoms with Gasteiger partial charge in [-0.05, 0) is 67.1 Å². The van der Waals surface area contributed by atoms with Crippen LogP contribution >= 0.6 is 31.9 Å². The summed E-state index contributed by atoms with van der Waals surface area (Å²) in [6.45, 7) is 6.33. The Balaban J connectivity index is 1.60. The van der Waals surface area contributed by atoms with Gasteiger partial charge in [0, 0.05) is 13.1 Å². The number of hydrogen-bond donors (Lipinski definition) is 1. The highest BCUT2D eigenvalue weighted by Gasteiger charge is 2.23. The molecule has 1 N–H and O–H groups in total. The van der Waals surface area contributed by atoms with Crippen LogP contribution in [0.15, 0.2) is 69.0 Å². The van der Waals surface area contributed by atoms with Gasteiger partial charge in [-0.25, -0.2) is 13.4 Å². The van der Waals surface area contributed by atoms with Crippen LogP contribution in [0.25, 0.3) is 0 Å². The van der Waals surface area contributed by atoms with Crippen molar-refractivity contribution in [3.8, 4) is 29.1 Å². The number of imidazole rings is 1. The fourth-order valence-corrected chi connectivity index (χ4v) is 5.23. The average Bonchev–Trinajstić information content (AvgIpc) is 3.18. The fourth-order valence-electron chi connectivity index (χ4n) is 3.56. The summed E-state index contributed by atoms with van der Waals surface area (Å²) in [6, 6.07) is 13.9. The Labute approximate surface area is 255 Å². The Morgan fingerprint density at radius 1 is 0.976 bits per heavy atom. The van der Waals surface area contributed by atoms with Crippen LogP contribution < -0.4 is 23.7 Å². The second-order valence-electron chi connectivity index (χ2n) is 9.75. The molecule has 0 fully saturated rings. The fraction of sp³-hybridized carbons (Fsp3) is 0.296. The van der Waals surface area contributed by atoms with E-state index in [2.05, 4.69) is 72.3 Å². The minimum atomic E-state index is -4.03. The first-order valence-electron chi connectivity index (χ1n) is 12.3. The standard InChI is InChI=1S/C27H29Br2N5O6S/c1-27(2,3)17-9-11-20(12-10-17)41(35,36)33-24-21(40-19-8-6-7-18(15-19)37-5)25(31-16-30-24)38-13-14-39-26-32-22(28)23(29)34(26)4/h6-12,15-16H,13-14H2,1-5H3,(H,30,31,33). The van der Waals surface area contributed by atoms with Crippen LogP contribution in [0.5, 0.6) is 29.1 Å². The van der Waals surface area contributed by atoms with Crippen LogP contribution in [-0.2, 0) is 22.5 Å². The molecule has 14 heteroatoms. The van der Waals surface area contributed by atoms with Gasteiger partial charge in [-0.2, -0.15) is 9.97 Å². The van der Waals surface area contributed by atoms with Crippen LogP contribution in [-0.4, -0.2) is 48.3 Å². The summed E-state index contributed by atoms with van der Waals surface area (Å²) in [6.07, 6.45) is 1.18. The number of hydrogen-bond acceptors (Lipinski definition) is 9. The number of methoxy groups -OCH3 is 1. The molecule has 2 aromatic heterocycles. The zero-order chi connectivity index (χ0) is 29.8. The average molecular weight is 711 g/mol. The van der Waals surface area contributed by atoms with Gasteiger partial charge in [-0.15, -0.1) is 0 Å². The topological polar surface area (TPSA) is 127 Å². The highest BCUT2D eigenvalue weighted by molar-refractivity contribution is 9.13. The zero-order valence-electron chi connectivity index (χ0n) is 23.0. The summed E-state index contributed by atoms with van der Waals surface area (Å²) in [4.78, 5) is 12.7. The largest absolute Gasteiger partial charge is 0.497 e. The molecule has 0 radical (unpaired) electrons. The van der Waals surface area contributed by atoms with Gasteiger partial charge in [-0.3, -0.25) is 9.29 Å². The highest BCUT2D eigenvalue weighted by atomic mass is 79.9. The van der Waals surface area contributed by atoms with Crippen LogP contribution in [0.1, 0.15) is 26.3 Å². The summed E-state index contributed by atoms with van der Waals surface area (Å²) < 4.78 is 55.1. The quantitative estimate of drug-likeness (QED) is 0.184. The number of nitrogens with one attached hydrogen (secondary N) is 1. The maximum atomic E-state index is 13.3. The van der Waals surface area contributed by atoms with Crippen LogP contribution in [0.3, 0.4) is 0 Å². The lowest BCUT2D eigenvalue weighted by Gasteiger charge is -2.19. The molecule has 2 heterocycles. The summed E-state index contributed by atoms with van der Waals surface area (Å²) in [5.41, 5.74) is 0.878. The van der Waals surface area contributed by atoms with E-state index in [1.54, 1.807) is 60.1 Å². The molecule has 0 bridgehead atoms. The van der Waals surface area contributed by atoms with Gasteiger partial charge in [0.15, 0.2) is 5.82 Å². The van der Waals surface area contributed by atoms with Crippen molar-refractivity contribution in [3.63, 3.8) is 0 Å². The number of rotatable bonds is 11. The van der Waals surface area contributed by atoms with Crippen molar-refractivity contribution >= 4 is 47.7 Å². The van der Waals surface area contributed by atoms with Gasteiger partial charge < -0.3 is 18.9 Å². The molecule has 218 valence electrons. The van der Waals surface area contributed by atoms with Crippen LogP contribution in [0.4, 0.5) is 5.82 Å². The zero-order valence-corrected chi connectivity index (χ0v) is 27.0. The van der Waals surface area contributed by atoms with Crippen molar-refractivity contribution in [1.29, 1.82) is 0 Å². The lowest BCUT2D eigenvalue weighted by atomic mass is 9.87. The third-order valence-electron chi connectivity index (χ3n) is 5.79. The Hall–Kier alpha value is -3.36. The lowest BCUT2D eigenvalue weighted by Crippen LogP contribution is -2.17. The summed E-state index contributed by atoms with van der Waals surface area (Å²) >= 11 is 6.74. The van der Waals surface area contributed by atoms with Crippen molar-refractivity contribution in [2.24, 2.45) is 7.05 Å². The number of anilines is 1. The van der Waals surface area contributed by atoms with Crippen molar-refractivity contribution in [2.75, 3.05) is 25.0 Å². The number of sulfonamides is 1. The van der Waals surface area contributed by atoms with E-state index in [1.807, 2.05) is 0 Å². The van der Waals surface area contributed by atoms with E-state index in [4.69, 9.17) is 18.9 Å². The molecular weight excluding hydrogens is 682 g/mol. The van der Waals surface area contributed by atoms with E-state index in [0.717, 1.165) is 10.2 Å². The van der Waals surface area contributed by atoms with Crippen molar-refractivity contribution in [2.45, 2.75) is 31.1 Å². The maximum Gasteiger partial charge on any atom is 0.298 e. The van der Waals surface area contributed by atoms with E-state index < -0.39 is 10.0 Å². The Bertz CT molecular complexity index is 1620.